The van der Waals surface area contributed by atoms with Crippen LogP contribution in [-0.2, 0) is 35.3 Å². The van der Waals surface area contributed by atoms with E-state index in [2.05, 4.69) is 0 Å². The van der Waals surface area contributed by atoms with Gasteiger partial charge in [-0.15, -0.1) is 0 Å². The first-order valence-corrected chi connectivity index (χ1v) is 11.1. The maximum absolute atomic E-state index is 13.0. The molecule has 0 spiro atoms. The van der Waals surface area contributed by atoms with Gasteiger partial charge in [-0.1, -0.05) is 24.3 Å². The molecule has 0 aliphatic heterocycles. The molecule has 1 aliphatic carbocycles. The number of halogens is 3. The third kappa shape index (κ3) is 4.64. The van der Waals surface area contributed by atoms with Crippen LogP contribution in [0.15, 0.2) is 53.4 Å². The third-order valence-electron chi connectivity index (χ3n) is 5.57. The van der Waals surface area contributed by atoms with E-state index in [0.29, 0.717) is 22.3 Å². The summed E-state index contributed by atoms with van der Waals surface area (Å²) in [6.07, 6.45) is -4.86. The number of hydrogen-bond acceptors (Lipinski definition) is 6. The highest BCUT2D eigenvalue weighted by Gasteiger charge is 2.53. The molecule has 0 unspecified atom stereocenters. The van der Waals surface area contributed by atoms with Crippen LogP contribution >= 0.6 is 0 Å². The molecule has 0 aromatic heterocycles. The van der Waals surface area contributed by atoms with E-state index in [1.54, 1.807) is 0 Å². The predicted octanol–water partition coefficient (Wildman–Crippen LogP) is 3.39. The normalized spacial score (nSPS) is 15.9. The van der Waals surface area contributed by atoms with Crippen LogP contribution in [0.1, 0.15) is 29.5 Å². The smallest absolute Gasteiger partial charge is 0.416 e. The summed E-state index contributed by atoms with van der Waals surface area (Å²) in [5.41, 5.74) is -0.865. The summed E-state index contributed by atoms with van der Waals surface area (Å²) in [6, 6.07) is 9.73. The van der Waals surface area contributed by atoms with Crippen LogP contribution in [0, 0.1) is 5.41 Å². The summed E-state index contributed by atoms with van der Waals surface area (Å²) in [7, 11) is -1.73. The lowest BCUT2D eigenvalue weighted by molar-refractivity contribution is -0.168. The molecule has 0 fully saturated rings. The topological polar surface area (TPSA) is 113 Å². The molecule has 0 heterocycles. The molecule has 33 heavy (non-hydrogen) atoms. The molecular formula is C22H20F3NO6S. The highest BCUT2D eigenvalue weighted by molar-refractivity contribution is 7.89. The molecule has 7 nitrogen and oxygen atoms in total. The maximum Gasteiger partial charge on any atom is 0.416 e. The van der Waals surface area contributed by atoms with E-state index < -0.39 is 39.1 Å². The molecule has 0 amide bonds. The zero-order chi connectivity index (χ0) is 24.6. The zero-order valence-electron chi connectivity index (χ0n) is 17.6. The van der Waals surface area contributed by atoms with Gasteiger partial charge < -0.3 is 9.47 Å². The van der Waals surface area contributed by atoms with Gasteiger partial charge in [-0.2, -0.15) is 13.2 Å². The van der Waals surface area contributed by atoms with Crippen LogP contribution in [0.3, 0.4) is 0 Å². The molecule has 0 bridgehead atoms. The Labute approximate surface area is 188 Å². The Morgan fingerprint density at radius 2 is 1.24 bits per heavy atom. The predicted molar refractivity (Wildman–Crippen MR) is 112 cm³/mol. The number of methoxy groups -OCH3 is 2. The molecule has 0 atom stereocenters. The Balaban J connectivity index is 2.17. The fourth-order valence-corrected chi connectivity index (χ4v) is 4.42. The fraction of sp³-hybridized carbons (Fsp3) is 0.273. The van der Waals surface area contributed by atoms with Crippen molar-refractivity contribution in [1.82, 2.24) is 0 Å². The Morgan fingerprint density at radius 1 is 0.848 bits per heavy atom. The van der Waals surface area contributed by atoms with Gasteiger partial charge in [0, 0.05) is 12.8 Å². The van der Waals surface area contributed by atoms with Crippen molar-refractivity contribution >= 4 is 33.1 Å². The zero-order valence-corrected chi connectivity index (χ0v) is 18.4. The second-order valence-corrected chi connectivity index (χ2v) is 9.08. The number of rotatable bonds is 5. The van der Waals surface area contributed by atoms with Gasteiger partial charge in [0.2, 0.25) is 10.0 Å². The molecule has 176 valence electrons. The SMILES string of the molecule is COC(=O)C1(C(=O)OC)CC(c2ccc(C(F)(F)F)cc2)=C(c2ccc(S(N)(=O)=O)cc2)C1. The molecule has 3 rings (SSSR count). The average molecular weight is 483 g/mol. The van der Waals surface area contributed by atoms with E-state index in [-0.39, 0.29) is 17.7 Å². The molecular weight excluding hydrogens is 463 g/mol. The standard InChI is InChI=1S/C22H20F3NO6S/c1-31-19(27)21(20(28)32-2)11-17(13-3-7-15(8-4-13)22(23,24)25)18(12-21)14-5-9-16(10-6-14)33(26,29)30/h3-10H,11-12H2,1-2H3,(H2,26,29,30). The summed E-state index contributed by atoms with van der Waals surface area (Å²) in [5.74, 6) is -1.70. The summed E-state index contributed by atoms with van der Waals surface area (Å²) in [5, 5.41) is 5.13. The number of primary sulfonamides is 1. The van der Waals surface area contributed by atoms with Crippen LogP contribution in [0.25, 0.3) is 11.1 Å². The minimum atomic E-state index is -4.53. The number of ether oxygens (including phenoxy) is 2. The molecule has 2 aromatic carbocycles. The van der Waals surface area contributed by atoms with Gasteiger partial charge in [-0.3, -0.25) is 9.59 Å². The van der Waals surface area contributed by atoms with Crippen LogP contribution < -0.4 is 5.14 Å². The number of nitrogens with two attached hydrogens (primary N) is 1. The second-order valence-electron chi connectivity index (χ2n) is 7.52. The number of alkyl halides is 3. The van der Waals surface area contributed by atoms with E-state index in [0.717, 1.165) is 26.4 Å². The third-order valence-corrected chi connectivity index (χ3v) is 6.49. The van der Waals surface area contributed by atoms with E-state index in [4.69, 9.17) is 14.6 Å². The van der Waals surface area contributed by atoms with Gasteiger partial charge in [0.15, 0.2) is 5.41 Å². The Hall–Kier alpha value is -3.18. The minimum absolute atomic E-state index is 0.145. The van der Waals surface area contributed by atoms with Gasteiger partial charge in [0.05, 0.1) is 24.7 Å². The molecule has 2 aromatic rings. The van der Waals surface area contributed by atoms with Crippen LogP contribution in [0.2, 0.25) is 0 Å². The molecule has 0 saturated heterocycles. The molecule has 11 heteroatoms. The molecule has 1 aliphatic rings. The van der Waals surface area contributed by atoms with E-state index in [9.17, 15) is 31.2 Å². The van der Waals surface area contributed by atoms with Crippen molar-refractivity contribution < 1.29 is 40.7 Å². The van der Waals surface area contributed by atoms with Crippen molar-refractivity contribution in [2.75, 3.05) is 14.2 Å². The Kier molecular flexibility index (Phi) is 6.40. The van der Waals surface area contributed by atoms with Crippen molar-refractivity contribution in [2.24, 2.45) is 10.6 Å². The largest absolute Gasteiger partial charge is 0.468 e. The van der Waals surface area contributed by atoms with Crippen LogP contribution in [0.5, 0.6) is 0 Å². The average Bonchev–Trinajstić information content (AvgIpc) is 3.19. The molecule has 2 N–H and O–H groups in total. The van der Waals surface area contributed by atoms with Crippen molar-refractivity contribution in [3.8, 4) is 0 Å². The number of carbonyl (C=O) groups is 2. The van der Waals surface area contributed by atoms with Gasteiger partial charge in [0.1, 0.15) is 0 Å². The fourth-order valence-electron chi connectivity index (χ4n) is 3.90. The van der Waals surface area contributed by atoms with E-state index in [1.807, 2.05) is 0 Å². The number of benzene rings is 2. The number of hydrogen-bond donors (Lipinski definition) is 1. The lowest BCUT2D eigenvalue weighted by Gasteiger charge is -2.23. The second kappa shape index (κ2) is 8.64. The first kappa shape index (κ1) is 24.5. The van der Waals surface area contributed by atoms with Crippen LogP contribution in [-0.4, -0.2) is 34.6 Å². The maximum atomic E-state index is 13.0. The minimum Gasteiger partial charge on any atom is -0.468 e. The summed E-state index contributed by atoms with van der Waals surface area (Å²) < 4.78 is 71.9. The molecule has 0 radical (unpaired) electrons. The summed E-state index contributed by atoms with van der Waals surface area (Å²) >= 11 is 0. The molecule has 0 saturated carbocycles. The number of carbonyl (C=O) groups excluding carboxylic acids is 2. The van der Waals surface area contributed by atoms with E-state index in [1.165, 1.54) is 36.4 Å². The van der Waals surface area contributed by atoms with Crippen molar-refractivity contribution in [3.05, 3.63) is 65.2 Å². The highest BCUT2D eigenvalue weighted by atomic mass is 32.2. The van der Waals surface area contributed by atoms with Gasteiger partial charge in [-0.05, 0) is 46.5 Å². The first-order valence-electron chi connectivity index (χ1n) is 9.53. The van der Waals surface area contributed by atoms with Crippen LogP contribution in [0.4, 0.5) is 13.2 Å². The Morgan fingerprint density at radius 3 is 1.58 bits per heavy atom. The van der Waals surface area contributed by atoms with Crippen molar-refractivity contribution in [1.29, 1.82) is 0 Å². The summed E-state index contributed by atoms with van der Waals surface area (Å²) in [6.45, 7) is 0. The number of allylic oxidation sites excluding steroid dienone is 2. The number of esters is 2. The van der Waals surface area contributed by atoms with Gasteiger partial charge in [-0.25, -0.2) is 13.6 Å². The van der Waals surface area contributed by atoms with E-state index >= 15 is 0 Å². The number of sulfonamides is 1. The lowest BCUT2D eigenvalue weighted by Crippen LogP contribution is -2.39. The van der Waals surface area contributed by atoms with Gasteiger partial charge in [0.25, 0.3) is 0 Å². The first-order chi connectivity index (χ1) is 15.3. The monoisotopic (exact) mass is 483 g/mol. The van der Waals surface area contributed by atoms with Gasteiger partial charge >= 0.3 is 18.1 Å². The highest BCUT2D eigenvalue weighted by Crippen LogP contribution is 2.51. The van der Waals surface area contributed by atoms with Crippen molar-refractivity contribution in [2.45, 2.75) is 23.9 Å². The summed E-state index contributed by atoms with van der Waals surface area (Å²) in [4.78, 5) is 25.2. The lowest BCUT2D eigenvalue weighted by atomic mass is 9.82. The quantitative estimate of drug-likeness (QED) is 0.515. The Bertz CT molecular complexity index is 1200. The van der Waals surface area contributed by atoms with Crippen molar-refractivity contribution in [3.63, 3.8) is 0 Å².